The Bertz CT molecular complexity index is 921. The van der Waals surface area contributed by atoms with Crippen molar-refractivity contribution in [2.75, 3.05) is 25.9 Å². The van der Waals surface area contributed by atoms with Crippen LogP contribution in [-0.2, 0) is 9.53 Å². The summed E-state index contributed by atoms with van der Waals surface area (Å²) in [5.41, 5.74) is 7.38. The van der Waals surface area contributed by atoms with E-state index in [1.165, 1.54) is 7.11 Å². The standard InChI is InChI=1S/C24H31N3O3/c1-30-24(29)21-7-4-14-27(21)15-16-8-11-18(12-9-16)26-23(28)20-13-10-17-5-2-3-6-19(17)22(20)25/h2-3,5-6,10,13,16,18,21H,4,7-9,11-12,14-15,25H2,1H3,(H,26,28)/t16?,18?,21-/m0/s1. The Morgan fingerprint density at radius 1 is 1.10 bits per heavy atom. The summed E-state index contributed by atoms with van der Waals surface area (Å²) in [6.07, 6.45) is 5.98. The van der Waals surface area contributed by atoms with Gasteiger partial charge in [0.1, 0.15) is 6.04 Å². The number of hydrogen-bond acceptors (Lipinski definition) is 5. The molecule has 0 aromatic heterocycles. The number of nitrogens with two attached hydrogens (primary N) is 1. The Balaban J connectivity index is 1.31. The highest BCUT2D eigenvalue weighted by atomic mass is 16.5. The minimum atomic E-state index is -0.110. The maximum absolute atomic E-state index is 12.8. The van der Waals surface area contributed by atoms with Crippen molar-refractivity contribution in [2.24, 2.45) is 5.92 Å². The van der Waals surface area contributed by atoms with Gasteiger partial charge in [-0.25, -0.2) is 0 Å². The van der Waals surface area contributed by atoms with Gasteiger partial charge in [0.25, 0.3) is 5.91 Å². The maximum atomic E-state index is 12.8. The van der Waals surface area contributed by atoms with Crippen LogP contribution >= 0.6 is 0 Å². The number of anilines is 1. The molecule has 4 rings (SSSR count). The molecule has 0 spiro atoms. The molecule has 2 aliphatic rings. The van der Waals surface area contributed by atoms with Crippen LogP contribution in [0.4, 0.5) is 5.69 Å². The predicted octanol–water partition coefficient (Wildman–Crippen LogP) is 3.35. The van der Waals surface area contributed by atoms with Gasteiger partial charge in [0.05, 0.1) is 18.4 Å². The van der Waals surface area contributed by atoms with Crippen molar-refractivity contribution in [3.63, 3.8) is 0 Å². The Hall–Kier alpha value is -2.60. The number of carbonyl (C=O) groups is 2. The lowest BCUT2D eigenvalue weighted by Gasteiger charge is -2.33. The van der Waals surface area contributed by atoms with Crippen LogP contribution in [0.1, 0.15) is 48.9 Å². The van der Waals surface area contributed by atoms with E-state index in [2.05, 4.69) is 10.2 Å². The molecule has 1 aliphatic heterocycles. The highest BCUT2D eigenvalue weighted by Gasteiger charge is 2.34. The lowest BCUT2D eigenvalue weighted by atomic mass is 9.85. The molecule has 6 heteroatoms. The quantitative estimate of drug-likeness (QED) is 0.584. The molecule has 2 aromatic rings. The lowest BCUT2D eigenvalue weighted by Crippen LogP contribution is -2.42. The van der Waals surface area contributed by atoms with E-state index >= 15 is 0 Å². The van der Waals surface area contributed by atoms with E-state index in [0.717, 1.165) is 62.4 Å². The molecule has 30 heavy (non-hydrogen) atoms. The summed E-state index contributed by atoms with van der Waals surface area (Å²) in [6.45, 7) is 1.91. The molecule has 0 unspecified atom stereocenters. The van der Waals surface area contributed by atoms with Crippen molar-refractivity contribution >= 4 is 28.3 Å². The van der Waals surface area contributed by atoms with Gasteiger partial charge in [-0.05, 0) is 62.4 Å². The summed E-state index contributed by atoms with van der Waals surface area (Å²) in [5.74, 6) is 0.363. The molecule has 160 valence electrons. The van der Waals surface area contributed by atoms with Gasteiger partial charge in [-0.3, -0.25) is 14.5 Å². The number of rotatable bonds is 5. The number of hydrogen-bond donors (Lipinski definition) is 2. The molecular formula is C24H31N3O3. The van der Waals surface area contributed by atoms with Gasteiger partial charge in [-0.2, -0.15) is 0 Å². The third-order valence-electron chi connectivity index (χ3n) is 6.73. The van der Waals surface area contributed by atoms with E-state index in [4.69, 9.17) is 10.5 Å². The number of nitrogen functional groups attached to an aromatic ring is 1. The molecule has 1 saturated heterocycles. The number of esters is 1. The minimum absolute atomic E-state index is 0.0803. The van der Waals surface area contributed by atoms with E-state index in [1.807, 2.05) is 36.4 Å². The molecule has 2 fully saturated rings. The number of amides is 1. The first-order valence-corrected chi connectivity index (χ1v) is 11.0. The Kier molecular flexibility index (Phi) is 6.23. The van der Waals surface area contributed by atoms with Crippen molar-refractivity contribution in [3.8, 4) is 0 Å². The number of nitrogens with zero attached hydrogens (tertiary/aromatic N) is 1. The number of likely N-dealkylation sites (tertiary alicyclic amines) is 1. The zero-order valence-electron chi connectivity index (χ0n) is 17.6. The smallest absolute Gasteiger partial charge is 0.323 e. The first kappa shape index (κ1) is 20.7. The summed E-state index contributed by atoms with van der Waals surface area (Å²) in [5, 5.41) is 5.14. The van der Waals surface area contributed by atoms with E-state index in [0.29, 0.717) is 17.2 Å². The number of carbonyl (C=O) groups excluding carboxylic acids is 2. The van der Waals surface area contributed by atoms with E-state index < -0.39 is 0 Å². The van der Waals surface area contributed by atoms with Crippen LogP contribution in [0.3, 0.4) is 0 Å². The van der Waals surface area contributed by atoms with Crippen LogP contribution in [0.15, 0.2) is 36.4 Å². The number of benzene rings is 2. The van der Waals surface area contributed by atoms with Gasteiger partial charge in [0, 0.05) is 18.0 Å². The normalized spacial score (nSPS) is 24.6. The number of fused-ring (bicyclic) bond motifs is 1. The molecule has 6 nitrogen and oxygen atoms in total. The van der Waals surface area contributed by atoms with Gasteiger partial charge in [-0.15, -0.1) is 0 Å². The Morgan fingerprint density at radius 2 is 1.87 bits per heavy atom. The van der Waals surface area contributed by atoms with Crippen LogP contribution < -0.4 is 11.1 Å². The van der Waals surface area contributed by atoms with Crippen LogP contribution in [0.25, 0.3) is 10.8 Å². The van der Waals surface area contributed by atoms with Gasteiger partial charge < -0.3 is 15.8 Å². The number of nitrogens with one attached hydrogen (secondary N) is 1. The Morgan fingerprint density at radius 3 is 2.63 bits per heavy atom. The van der Waals surface area contributed by atoms with Crippen molar-refractivity contribution in [1.29, 1.82) is 0 Å². The van der Waals surface area contributed by atoms with Crippen molar-refractivity contribution < 1.29 is 14.3 Å². The summed E-state index contributed by atoms with van der Waals surface area (Å²) in [7, 11) is 1.47. The monoisotopic (exact) mass is 409 g/mol. The fraction of sp³-hybridized carbons (Fsp3) is 0.500. The zero-order valence-corrected chi connectivity index (χ0v) is 17.6. The summed E-state index contributed by atoms with van der Waals surface area (Å²) < 4.78 is 4.95. The largest absolute Gasteiger partial charge is 0.468 e. The first-order valence-electron chi connectivity index (χ1n) is 11.0. The SMILES string of the molecule is COC(=O)[C@@H]1CCCN1CC1CCC(NC(=O)c2ccc3ccccc3c2N)CC1. The maximum Gasteiger partial charge on any atom is 0.323 e. The molecular weight excluding hydrogens is 378 g/mol. The molecule has 1 amide bonds. The molecule has 1 saturated carbocycles. The highest BCUT2D eigenvalue weighted by molar-refractivity contribution is 6.07. The minimum Gasteiger partial charge on any atom is -0.468 e. The summed E-state index contributed by atoms with van der Waals surface area (Å²) in [6, 6.07) is 11.7. The fourth-order valence-electron chi connectivity index (χ4n) is 5.03. The highest BCUT2D eigenvalue weighted by Crippen LogP contribution is 2.29. The summed E-state index contributed by atoms with van der Waals surface area (Å²) >= 11 is 0. The van der Waals surface area contributed by atoms with Crippen molar-refractivity contribution in [3.05, 3.63) is 42.0 Å². The predicted molar refractivity (Wildman–Crippen MR) is 118 cm³/mol. The van der Waals surface area contributed by atoms with E-state index in [1.54, 1.807) is 0 Å². The molecule has 2 aromatic carbocycles. The van der Waals surface area contributed by atoms with Crippen molar-refractivity contribution in [2.45, 2.75) is 50.6 Å². The third kappa shape index (κ3) is 4.29. The molecule has 1 heterocycles. The van der Waals surface area contributed by atoms with Crippen LogP contribution in [-0.4, -0.2) is 49.1 Å². The van der Waals surface area contributed by atoms with E-state index in [9.17, 15) is 9.59 Å². The topological polar surface area (TPSA) is 84.7 Å². The van der Waals surface area contributed by atoms with Crippen LogP contribution in [0.5, 0.6) is 0 Å². The Labute approximate surface area is 177 Å². The molecule has 1 atom stereocenters. The second-order valence-corrected chi connectivity index (χ2v) is 8.62. The first-order chi connectivity index (χ1) is 14.6. The molecule has 1 aliphatic carbocycles. The summed E-state index contributed by atoms with van der Waals surface area (Å²) in [4.78, 5) is 27.1. The van der Waals surface area contributed by atoms with Gasteiger partial charge in [0.2, 0.25) is 0 Å². The second kappa shape index (κ2) is 9.04. The van der Waals surface area contributed by atoms with Crippen LogP contribution in [0, 0.1) is 5.92 Å². The third-order valence-corrected chi connectivity index (χ3v) is 6.73. The van der Waals surface area contributed by atoms with Gasteiger partial charge in [0.15, 0.2) is 0 Å². The number of ether oxygens (including phenoxy) is 1. The van der Waals surface area contributed by atoms with E-state index in [-0.39, 0.29) is 24.0 Å². The fourth-order valence-corrected chi connectivity index (χ4v) is 5.03. The second-order valence-electron chi connectivity index (χ2n) is 8.62. The van der Waals surface area contributed by atoms with Gasteiger partial charge >= 0.3 is 5.97 Å². The number of methoxy groups -OCH3 is 1. The average molecular weight is 410 g/mol. The lowest BCUT2D eigenvalue weighted by molar-refractivity contribution is -0.146. The molecule has 3 N–H and O–H groups in total. The zero-order chi connectivity index (χ0) is 21.1. The average Bonchev–Trinajstić information content (AvgIpc) is 3.23. The van der Waals surface area contributed by atoms with Crippen molar-refractivity contribution in [1.82, 2.24) is 10.2 Å². The van der Waals surface area contributed by atoms with Crippen LogP contribution in [0.2, 0.25) is 0 Å². The molecule has 0 radical (unpaired) electrons. The molecule has 0 bridgehead atoms. The van der Waals surface area contributed by atoms with Gasteiger partial charge in [-0.1, -0.05) is 30.3 Å².